The highest BCUT2D eigenvalue weighted by molar-refractivity contribution is 5.53. The molecule has 0 aliphatic rings. The summed E-state index contributed by atoms with van der Waals surface area (Å²) in [7, 11) is 0. The predicted octanol–water partition coefficient (Wildman–Crippen LogP) is 5.04. The molecule has 2 rings (SSSR count). The van der Waals surface area contributed by atoms with Gasteiger partial charge in [0.1, 0.15) is 17.2 Å². The predicted molar refractivity (Wildman–Crippen MR) is 83.0 cm³/mol. The lowest BCUT2D eigenvalue weighted by atomic mass is 10.0. The molecular formula is C18H22O2. The van der Waals surface area contributed by atoms with Crippen LogP contribution in [0.4, 0.5) is 0 Å². The topological polar surface area (TPSA) is 29.5 Å². The number of aryl methyl sites for hydroxylation is 3. The van der Waals surface area contributed by atoms with Crippen molar-refractivity contribution >= 4 is 0 Å². The van der Waals surface area contributed by atoms with E-state index in [4.69, 9.17) is 4.74 Å². The van der Waals surface area contributed by atoms with Crippen molar-refractivity contribution < 1.29 is 9.84 Å². The van der Waals surface area contributed by atoms with Gasteiger partial charge in [0, 0.05) is 0 Å². The Morgan fingerprint density at radius 2 is 1.30 bits per heavy atom. The van der Waals surface area contributed by atoms with Gasteiger partial charge in [0.15, 0.2) is 0 Å². The van der Waals surface area contributed by atoms with Gasteiger partial charge in [-0.1, -0.05) is 6.07 Å². The van der Waals surface area contributed by atoms with E-state index in [-0.39, 0.29) is 0 Å². The number of aromatic hydroxyl groups is 1. The highest BCUT2D eigenvalue weighted by Crippen LogP contribution is 2.36. The van der Waals surface area contributed by atoms with Crippen LogP contribution in [-0.2, 0) is 0 Å². The van der Waals surface area contributed by atoms with Gasteiger partial charge in [0.05, 0.1) is 0 Å². The van der Waals surface area contributed by atoms with Gasteiger partial charge in [0.25, 0.3) is 0 Å². The van der Waals surface area contributed by atoms with Gasteiger partial charge in [-0.15, -0.1) is 0 Å². The number of hydrogen-bond acceptors (Lipinski definition) is 2. The molecule has 2 aromatic carbocycles. The van der Waals surface area contributed by atoms with Crippen LogP contribution in [0, 0.1) is 41.5 Å². The molecule has 0 bridgehead atoms. The SMILES string of the molecule is Cc1cc(C)c(C)c(Oc2cc(C)c(O)c(C)c2C)c1. The van der Waals surface area contributed by atoms with Crippen LogP contribution >= 0.6 is 0 Å². The van der Waals surface area contributed by atoms with Gasteiger partial charge in [-0.25, -0.2) is 0 Å². The fourth-order valence-electron chi connectivity index (χ4n) is 2.36. The summed E-state index contributed by atoms with van der Waals surface area (Å²) in [5.74, 6) is 2.05. The third-order valence-corrected chi connectivity index (χ3v) is 3.99. The van der Waals surface area contributed by atoms with Gasteiger partial charge in [-0.2, -0.15) is 0 Å². The lowest BCUT2D eigenvalue weighted by Crippen LogP contribution is -1.96. The highest BCUT2D eigenvalue weighted by Gasteiger charge is 2.12. The third-order valence-electron chi connectivity index (χ3n) is 3.99. The largest absolute Gasteiger partial charge is 0.507 e. The second-order valence-corrected chi connectivity index (χ2v) is 5.60. The minimum Gasteiger partial charge on any atom is -0.507 e. The summed E-state index contributed by atoms with van der Waals surface area (Å²) in [5.41, 5.74) is 6.26. The molecule has 106 valence electrons. The van der Waals surface area contributed by atoms with Gasteiger partial charge in [0.2, 0.25) is 0 Å². The normalized spacial score (nSPS) is 10.7. The van der Waals surface area contributed by atoms with Crippen molar-refractivity contribution in [1.82, 2.24) is 0 Å². The monoisotopic (exact) mass is 270 g/mol. The number of phenolic OH excluding ortho intramolecular Hbond substituents is 1. The molecule has 0 radical (unpaired) electrons. The zero-order valence-electron chi connectivity index (χ0n) is 13.1. The summed E-state index contributed by atoms with van der Waals surface area (Å²) in [6.45, 7) is 12.0. The van der Waals surface area contributed by atoms with Crippen LogP contribution in [0.3, 0.4) is 0 Å². The fourth-order valence-corrected chi connectivity index (χ4v) is 2.36. The standard InChI is InChI=1S/C18H22O2/c1-10-7-11(2)13(4)16(8-10)20-17-9-12(3)18(19)15(6)14(17)5/h7-9,19H,1-6H3. The van der Waals surface area contributed by atoms with E-state index in [2.05, 4.69) is 32.9 Å². The van der Waals surface area contributed by atoms with Crippen LogP contribution in [0.15, 0.2) is 18.2 Å². The molecule has 2 aromatic rings. The Bertz CT molecular complexity index is 670. The summed E-state index contributed by atoms with van der Waals surface area (Å²) >= 11 is 0. The Morgan fingerprint density at radius 1 is 0.700 bits per heavy atom. The maximum atomic E-state index is 9.96. The molecule has 0 amide bonds. The van der Waals surface area contributed by atoms with Crippen LogP contribution < -0.4 is 4.74 Å². The zero-order valence-corrected chi connectivity index (χ0v) is 13.1. The van der Waals surface area contributed by atoms with Crippen molar-refractivity contribution in [1.29, 1.82) is 0 Å². The van der Waals surface area contributed by atoms with Crippen molar-refractivity contribution in [2.24, 2.45) is 0 Å². The van der Waals surface area contributed by atoms with Gasteiger partial charge >= 0.3 is 0 Å². The molecule has 0 saturated carbocycles. The van der Waals surface area contributed by atoms with Crippen LogP contribution in [0.2, 0.25) is 0 Å². The van der Waals surface area contributed by atoms with Crippen molar-refractivity contribution in [2.45, 2.75) is 41.5 Å². The quantitative estimate of drug-likeness (QED) is 0.828. The molecule has 2 heteroatoms. The van der Waals surface area contributed by atoms with Gasteiger partial charge in [-0.05, 0) is 87.1 Å². The lowest BCUT2D eigenvalue weighted by Gasteiger charge is -2.16. The average Bonchev–Trinajstić information content (AvgIpc) is 2.39. The van der Waals surface area contributed by atoms with Crippen LogP contribution in [0.5, 0.6) is 17.2 Å². The van der Waals surface area contributed by atoms with E-state index in [9.17, 15) is 5.11 Å². The number of rotatable bonds is 2. The van der Waals surface area contributed by atoms with E-state index < -0.39 is 0 Å². The van der Waals surface area contributed by atoms with Crippen LogP contribution in [-0.4, -0.2) is 5.11 Å². The van der Waals surface area contributed by atoms with E-state index in [1.165, 1.54) is 11.1 Å². The first-order valence-electron chi connectivity index (χ1n) is 6.86. The minimum atomic E-state index is 0.354. The van der Waals surface area contributed by atoms with Crippen molar-refractivity contribution in [2.75, 3.05) is 0 Å². The Balaban J connectivity index is 2.51. The summed E-state index contributed by atoms with van der Waals surface area (Å²) in [6, 6.07) is 6.11. The van der Waals surface area contributed by atoms with Gasteiger partial charge < -0.3 is 9.84 Å². The maximum absolute atomic E-state index is 9.96. The molecule has 0 saturated heterocycles. The van der Waals surface area contributed by atoms with E-state index in [1.54, 1.807) is 0 Å². The van der Waals surface area contributed by atoms with Crippen LogP contribution in [0.1, 0.15) is 33.4 Å². The molecule has 0 unspecified atom stereocenters. The Morgan fingerprint density at radius 3 is 1.95 bits per heavy atom. The van der Waals surface area contributed by atoms with E-state index in [0.29, 0.717) is 5.75 Å². The first kappa shape index (κ1) is 14.4. The first-order chi connectivity index (χ1) is 9.31. The fraction of sp³-hybridized carbons (Fsp3) is 0.333. The average molecular weight is 270 g/mol. The summed E-state index contributed by atoms with van der Waals surface area (Å²) in [4.78, 5) is 0. The molecule has 2 nitrogen and oxygen atoms in total. The zero-order chi connectivity index (χ0) is 15.0. The maximum Gasteiger partial charge on any atom is 0.131 e. The van der Waals surface area contributed by atoms with E-state index >= 15 is 0 Å². The smallest absolute Gasteiger partial charge is 0.131 e. The summed E-state index contributed by atoms with van der Waals surface area (Å²) < 4.78 is 6.11. The van der Waals surface area contributed by atoms with E-state index in [1.807, 2.05) is 26.8 Å². The molecule has 20 heavy (non-hydrogen) atoms. The molecule has 0 spiro atoms. The van der Waals surface area contributed by atoms with Crippen molar-refractivity contribution in [3.63, 3.8) is 0 Å². The molecule has 0 heterocycles. The number of ether oxygens (including phenoxy) is 1. The van der Waals surface area contributed by atoms with Crippen LogP contribution in [0.25, 0.3) is 0 Å². The molecular weight excluding hydrogens is 248 g/mol. The van der Waals surface area contributed by atoms with E-state index in [0.717, 1.165) is 33.8 Å². The molecule has 0 atom stereocenters. The molecule has 0 aliphatic heterocycles. The Hall–Kier alpha value is -1.96. The van der Waals surface area contributed by atoms with Crippen molar-refractivity contribution in [3.05, 3.63) is 51.6 Å². The second kappa shape index (κ2) is 5.20. The number of hydrogen-bond donors (Lipinski definition) is 1. The summed E-state index contributed by atoms with van der Waals surface area (Å²) in [6.07, 6.45) is 0. The van der Waals surface area contributed by atoms with Gasteiger partial charge in [-0.3, -0.25) is 0 Å². The molecule has 1 N–H and O–H groups in total. The molecule has 0 aliphatic carbocycles. The summed E-state index contributed by atoms with van der Waals surface area (Å²) in [5, 5.41) is 9.96. The first-order valence-corrected chi connectivity index (χ1v) is 6.86. The molecule has 0 aromatic heterocycles. The number of benzene rings is 2. The number of phenols is 1. The molecule has 0 fully saturated rings. The second-order valence-electron chi connectivity index (χ2n) is 5.60. The minimum absolute atomic E-state index is 0.354. The lowest BCUT2D eigenvalue weighted by molar-refractivity contribution is 0.452. The highest BCUT2D eigenvalue weighted by atomic mass is 16.5. The van der Waals surface area contributed by atoms with Crippen molar-refractivity contribution in [3.8, 4) is 17.2 Å². The third kappa shape index (κ3) is 2.51. The Labute approximate surface area is 121 Å². The Kier molecular flexibility index (Phi) is 3.76.